The highest BCUT2D eigenvalue weighted by Crippen LogP contribution is 2.34. The van der Waals surface area contributed by atoms with E-state index in [-0.39, 0.29) is 0 Å². The first-order valence-corrected chi connectivity index (χ1v) is 4.63. The van der Waals surface area contributed by atoms with Crippen LogP contribution in [0.3, 0.4) is 0 Å². The van der Waals surface area contributed by atoms with Crippen molar-refractivity contribution < 1.29 is 4.79 Å². The van der Waals surface area contributed by atoms with Crippen molar-refractivity contribution >= 4 is 22.9 Å². The lowest BCUT2D eigenvalue weighted by Gasteiger charge is -2.13. The summed E-state index contributed by atoms with van der Waals surface area (Å²) in [6, 6.07) is 0. The minimum absolute atomic E-state index is 0.620. The number of aldehydes is 1. The third kappa shape index (κ3) is 1.22. The largest absolute Gasteiger partial charge is 0.364 e. The van der Waals surface area contributed by atoms with Crippen molar-refractivity contribution in [3.05, 3.63) is 28.6 Å². The third-order valence-corrected chi connectivity index (χ3v) is 2.88. The molecule has 1 aromatic heterocycles. The predicted molar refractivity (Wildman–Crippen MR) is 52.7 cm³/mol. The zero-order valence-electron chi connectivity index (χ0n) is 7.36. The number of rotatable bonds is 1. The molecule has 0 radical (unpaired) electrons. The van der Waals surface area contributed by atoms with Crippen molar-refractivity contribution in [2.75, 3.05) is 0 Å². The summed E-state index contributed by atoms with van der Waals surface area (Å²) < 4.78 is 0. The Labute approximate surface area is 81.6 Å². The first-order chi connectivity index (χ1) is 6.24. The van der Waals surface area contributed by atoms with Gasteiger partial charge in [-0.05, 0) is 25.3 Å². The molecule has 2 rings (SSSR count). The second-order valence-corrected chi connectivity index (χ2v) is 3.66. The fourth-order valence-corrected chi connectivity index (χ4v) is 2.12. The summed E-state index contributed by atoms with van der Waals surface area (Å²) >= 11 is 6.09. The van der Waals surface area contributed by atoms with Crippen molar-refractivity contribution in [1.29, 1.82) is 0 Å². The molecule has 1 N–H and O–H groups in total. The number of nitrogens with one attached hydrogen (secondary N) is 1. The van der Waals surface area contributed by atoms with Gasteiger partial charge in [0.05, 0.1) is 5.03 Å². The van der Waals surface area contributed by atoms with Gasteiger partial charge in [0, 0.05) is 23.0 Å². The first-order valence-electron chi connectivity index (χ1n) is 4.25. The molecule has 0 atom stereocenters. The lowest BCUT2D eigenvalue weighted by atomic mass is 9.96. The van der Waals surface area contributed by atoms with Gasteiger partial charge in [-0.1, -0.05) is 11.6 Å². The first kappa shape index (κ1) is 8.57. The van der Waals surface area contributed by atoms with Crippen molar-refractivity contribution in [2.24, 2.45) is 0 Å². The van der Waals surface area contributed by atoms with Gasteiger partial charge in [0.1, 0.15) is 6.29 Å². The maximum absolute atomic E-state index is 10.7. The summed E-state index contributed by atoms with van der Waals surface area (Å²) in [6.45, 7) is 1.99. The van der Waals surface area contributed by atoms with Gasteiger partial charge < -0.3 is 4.98 Å². The zero-order chi connectivity index (χ0) is 9.42. The Morgan fingerprint density at radius 2 is 2.31 bits per heavy atom. The molecule has 1 aliphatic carbocycles. The van der Waals surface area contributed by atoms with Crippen LogP contribution >= 0.6 is 11.6 Å². The van der Waals surface area contributed by atoms with Crippen molar-refractivity contribution in [2.45, 2.75) is 19.8 Å². The van der Waals surface area contributed by atoms with Crippen molar-refractivity contribution in [3.63, 3.8) is 0 Å². The van der Waals surface area contributed by atoms with E-state index in [0.29, 0.717) is 5.03 Å². The van der Waals surface area contributed by atoms with E-state index in [2.05, 4.69) is 4.98 Å². The predicted octanol–water partition coefficient (Wildman–Crippen LogP) is 2.42. The Hall–Kier alpha value is -1.02. The van der Waals surface area contributed by atoms with Gasteiger partial charge in [-0.2, -0.15) is 0 Å². The Bertz CT molecular complexity index is 390. The van der Waals surface area contributed by atoms with E-state index >= 15 is 0 Å². The van der Waals surface area contributed by atoms with Gasteiger partial charge in [0.25, 0.3) is 0 Å². The van der Waals surface area contributed by atoms with E-state index in [1.807, 2.05) is 13.1 Å². The minimum atomic E-state index is 0.620. The van der Waals surface area contributed by atoms with Crippen LogP contribution in [0.2, 0.25) is 0 Å². The summed E-state index contributed by atoms with van der Waals surface area (Å²) in [5.41, 5.74) is 4.00. The van der Waals surface area contributed by atoms with Gasteiger partial charge in [0.15, 0.2) is 0 Å². The zero-order valence-corrected chi connectivity index (χ0v) is 8.11. The van der Waals surface area contributed by atoms with Crippen LogP contribution in [0.25, 0.3) is 5.03 Å². The molecular weight excluding hydrogens is 186 g/mol. The number of carbonyl (C=O) groups excluding carboxylic acids is 1. The summed E-state index contributed by atoms with van der Waals surface area (Å²) in [5.74, 6) is 0. The van der Waals surface area contributed by atoms with E-state index < -0.39 is 0 Å². The number of aryl methyl sites for hydroxylation is 2. The second kappa shape index (κ2) is 3.04. The lowest BCUT2D eigenvalue weighted by Crippen LogP contribution is -2.02. The molecule has 0 saturated carbocycles. The molecule has 3 heteroatoms. The quantitative estimate of drug-likeness (QED) is 0.686. The molecule has 2 nitrogen and oxygen atoms in total. The number of hydrogen-bond donors (Lipinski definition) is 1. The van der Waals surface area contributed by atoms with Gasteiger partial charge in [0.2, 0.25) is 0 Å². The van der Waals surface area contributed by atoms with Gasteiger partial charge >= 0.3 is 0 Å². The molecule has 0 aromatic carbocycles. The number of carbonyl (C=O) groups is 1. The number of H-pyrrole nitrogens is 1. The molecule has 0 amide bonds. The lowest BCUT2D eigenvalue weighted by molar-refractivity contribution is -0.105. The normalized spacial score (nSPS) is 15.8. The summed E-state index contributed by atoms with van der Waals surface area (Å²) in [6.07, 6.45) is 4.42. The average Bonchev–Trinajstić information content (AvgIpc) is 2.49. The van der Waals surface area contributed by atoms with E-state index in [4.69, 9.17) is 11.6 Å². The molecule has 1 aromatic rings. The Kier molecular flexibility index (Phi) is 2.00. The number of halogens is 1. The molecule has 0 spiro atoms. The third-order valence-electron chi connectivity index (χ3n) is 2.45. The van der Waals surface area contributed by atoms with Crippen LogP contribution in [0.15, 0.2) is 11.8 Å². The van der Waals surface area contributed by atoms with Gasteiger partial charge in [-0.15, -0.1) is 0 Å². The minimum Gasteiger partial charge on any atom is -0.364 e. The molecule has 1 aliphatic rings. The van der Waals surface area contributed by atoms with Crippen LogP contribution in [0.5, 0.6) is 0 Å². The molecule has 0 fully saturated rings. The standard InChI is InChI=1S/C10H10ClNO/c1-6-4-12-8-3-2-7(5-13)10(11)9(6)8/h4-5,12H,2-3H2,1H3. The van der Waals surface area contributed by atoms with Crippen LogP contribution < -0.4 is 0 Å². The molecule has 0 bridgehead atoms. The monoisotopic (exact) mass is 195 g/mol. The van der Waals surface area contributed by atoms with Crippen LogP contribution in [-0.2, 0) is 11.2 Å². The molecule has 1 heterocycles. The summed E-state index contributed by atoms with van der Waals surface area (Å²) in [5, 5.41) is 0.620. The number of allylic oxidation sites excluding steroid dienone is 1. The number of aromatic nitrogens is 1. The molecule has 0 saturated heterocycles. The Morgan fingerprint density at radius 3 is 3.00 bits per heavy atom. The molecule has 0 unspecified atom stereocenters. The SMILES string of the molecule is Cc1c[nH]c2c1C(Cl)=C(C=O)CC2. The fourth-order valence-electron chi connectivity index (χ4n) is 1.72. The molecule has 0 aliphatic heterocycles. The molecule has 68 valence electrons. The van der Waals surface area contributed by atoms with E-state index in [1.165, 1.54) is 0 Å². The van der Waals surface area contributed by atoms with Crippen molar-refractivity contribution in [3.8, 4) is 0 Å². The number of fused-ring (bicyclic) bond motifs is 1. The molecule has 13 heavy (non-hydrogen) atoms. The Balaban J connectivity index is 2.62. The fraction of sp³-hybridized carbons (Fsp3) is 0.300. The van der Waals surface area contributed by atoms with Crippen LogP contribution in [0.4, 0.5) is 0 Å². The summed E-state index contributed by atoms with van der Waals surface area (Å²) in [4.78, 5) is 13.8. The maximum Gasteiger partial charge on any atom is 0.147 e. The number of hydrogen-bond acceptors (Lipinski definition) is 1. The maximum atomic E-state index is 10.7. The second-order valence-electron chi connectivity index (χ2n) is 3.28. The Morgan fingerprint density at radius 1 is 1.54 bits per heavy atom. The highest BCUT2D eigenvalue weighted by molar-refractivity contribution is 6.51. The van der Waals surface area contributed by atoms with Crippen LogP contribution in [-0.4, -0.2) is 11.3 Å². The van der Waals surface area contributed by atoms with E-state index in [9.17, 15) is 4.79 Å². The van der Waals surface area contributed by atoms with Gasteiger partial charge in [-0.3, -0.25) is 4.79 Å². The van der Waals surface area contributed by atoms with E-state index in [0.717, 1.165) is 41.5 Å². The topological polar surface area (TPSA) is 32.9 Å². The smallest absolute Gasteiger partial charge is 0.147 e. The number of aromatic amines is 1. The van der Waals surface area contributed by atoms with Crippen molar-refractivity contribution in [1.82, 2.24) is 4.98 Å². The highest BCUT2D eigenvalue weighted by atomic mass is 35.5. The highest BCUT2D eigenvalue weighted by Gasteiger charge is 2.19. The summed E-state index contributed by atoms with van der Waals surface area (Å²) in [7, 11) is 0. The molecular formula is C10H10ClNO. The van der Waals surface area contributed by atoms with E-state index in [1.54, 1.807) is 0 Å². The average molecular weight is 196 g/mol. The van der Waals surface area contributed by atoms with Crippen LogP contribution in [0, 0.1) is 6.92 Å². The van der Waals surface area contributed by atoms with Gasteiger partial charge in [-0.25, -0.2) is 0 Å². The van der Waals surface area contributed by atoms with Crippen LogP contribution in [0.1, 0.15) is 23.2 Å².